The predicted octanol–water partition coefficient (Wildman–Crippen LogP) is 2.25. The molecule has 0 bridgehead atoms. The topological polar surface area (TPSA) is 32.8 Å². The van der Waals surface area contributed by atoms with Gasteiger partial charge in [-0.3, -0.25) is 9.69 Å². The van der Waals surface area contributed by atoms with Crippen LogP contribution in [0.4, 0.5) is 0 Å². The molecule has 1 aromatic carbocycles. The second kappa shape index (κ2) is 6.06. The van der Waals surface area contributed by atoms with E-state index in [1.165, 1.54) is 12.8 Å². The van der Waals surface area contributed by atoms with Crippen LogP contribution in [0.15, 0.2) is 24.3 Å². The van der Waals surface area contributed by atoms with Crippen LogP contribution in [0.2, 0.25) is 0 Å². The Morgan fingerprint density at radius 1 is 1.19 bits per heavy atom. The molecule has 114 valence electrons. The number of methoxy groups -OCH3 is 1. The maximum absolute atomic E-state index is 12.6. The Morgan fingerprint density at radius 2 is 1.86 bits per heavy atom. The molecule has 0 N–H and O–H groups in total. The van der Waals surface area contributed by atoms with Gasteiger partial charge in [0.1, 0.15) is 5.75 Å². The molecule has 1 aromatic rings. The van der Waals surface area contributed by atoms with E-state index in [2.05, 4.69) is 11.8 Å². The molecule has 3 rings (SSSR count). The van der Waals surface area contributed by atoms with E-state index in [4.69, 9.17) is 4.74 Å². The standard InChI is InChI=1S/C17H24N2O2/c1-13(14-7-8-14)18-9-11-19(12-10-18)17(20)15-5-3-4-6-16(15)21-2/h3-6,13-14H,7-12H2,1-2H3. The molecule has 1 aliphatic heterocycles. The average molecular weight is 288 g/mol. The van der Waals surface area contributed by atoms with Gasteiger partial charge in [-0.1, -0.05) is 12.1 Å². The lowest BCUT2D eigenvalue weighted by atomic mass is 10.1. The van der Waals surface area contributed by atoms with Gasteiger partial charge < -0.3 is 9.64 Å². The lowest BCUT2D eigenvalue weighted by Crippen LogP contribution is -2.51. The number of carbonyl (C=O) groups excluding carboxylic acids is 1. The number of amides is 1. The van der Waals surface area contributed by atoms with Crippen LogP contribution in [0.5, 0.6) is 5.75 Å². The largest absolute Gasteiger partial charge is 0.496 e. The van der Waals surface area contributed by atoms with E-state index in [1.54, 1.807) is 7.11 Å². The molecule has 2 aliphatic rings. The van der Waals surface area contributed by atoms with Crippen molar-refractivity contribution in [2.75, 3.05) is 33.3 Å². The Kier molecular flexibility index (Phi) is 4.15. The minimum absolute atomic E-state index is 0.0891. The van der Waals surface area contributed by atoms with Crippen LogP contribution in [0.3, 0.4) is 0 Å². The van der Waals surface area contributed by atoms with Crippen LogP contribution in [0, 0.1) is 5.92 Å². The third kappa shape index (κ3) is 3.05. The summed E-state index contributed by atoms with van der Waals surface area (Å²) < 4.78 is 5.30. The Bertz CT molecular complexity index is 505. The highest BCUT2D eigenvalue weighted by atomic mass is 16.5. The summed E-state index contributed by atoms with van der Waals surface area (Å²) in [5.74, 6) is 1.64. The first-order valence-corrected chi connectivity index (χ1v) is 7.87. The summed E-state index contributed by atoms with van der Waals surface area (Å²) in [6, 6.07) is 8.15. The van der Waals surface area contributed by atoms with Crippen molar-refractivity contribution < 1.29 is 9.53 Å². The van der Waals surface area contributed by atoms with Crippen LogP contribution in [-0.2, 0) is 0 Å². The molecule has 1 heterocycles. The molecule has 2 fully saturated rings. The molecule has 4 nitrogen and oxygen atoms in total. The molecule has 21 heavy (non-hydrogen) atoms. The fourth-order valence-corrected chi connectivity index (χ4v) is 3.20. The zero-order valence-electron chi connectivity index (χ0n) is 12.9. The summed E-state index contributed by atoms with van der Waals surface area (Å²) in [7, 11) is 1.61. The van der Waals surface area contributed by atoms with Crippen molar-refractivity contribution >= 4 is 5.91 Å². The second-order valence-electron chi connectivity index (χ2n) is 6.11. The van der Waals surface area contributed by atoms with Crippen LogP contribution in [-0.4, -0.2) is 55.0 Å². The third-order valence-corrected chi connectivity index (χ3v) is 4.82. The first-order valence-electron chi connectivity index (χ1n) is 7.87. The first kappa shape index (κ1) is 14.4. The van der Waals surface area contributed by atoms with E-state index in [1.807, 2.05) is 29.2 Å². The van der Waals surface area contributed by atoms with Crippen molar-refractivity contribution in [3.05, 3.63) is 29.8 Å². The number of hydrogen-bond donors (Lipinski definition) is 0. The quantitative estimate of drug-likeness (QED) is 0.852. The van der Waals surface area contributed by atoms with Crippen molar-refractivity contribution in [2.45, 2.75) is 25.8 Å². The Labute approximate surface area is 126 Å². The van der Waals surface area contributed by atoms with Crippen molar-refractivity contribution in [3.63, 3.8) is 0 Å². The van der Waals surface area contributed by atoms with Gasteiger partial charge in [-0.2, -0.15) is 0 Å². The minimum Gasteiger partial charge on any atom is -0.496 e. The van der Waals surface area contributed by atoms with Crippen molar-refractivity contribution in [3.8, 4) is 5.75 Å². The summed E-state index contributed by atoms with van der Waals surface area (Å²) in [6.07, 6.45) is 2.75. The van der Waals surface area contributed by atoms with Crippen molar-refractivity contribution in [2.24, 2.45) is 5.92 Å². The summed E-state index contributed by atoms with van der Waals surface area (Å²) in [4.78, 5) is 17.1. The summed E-state index contributed by atoms with van der Waals surface area (Å²) in [5.41, 5.74) is 0.670. The molecule has 1 unspecified atom stereocenters. The Balaban J connectivity index is 1.62. The van der Waals surface area contributed by atoms with Gasteiger partial charge in [0.2, 0.25) is 0 Å². The molecule has 1 atom stereocenters. The van der Waals surface area contributed by atoms with Crippen LogP contribution < -0.4 is 4.74 Å². The van der Waals surface area contributed by atoms with Gasteiger partial charge >= 0.3 is 0 Å². The van der Waals surface area contributed by atoms with Crippen LogP contribution in [0.1, 0.15) is 30.1 Å². The lowest BCUT2D eigenvalue weighted by molar-refractivity contribution is 0.0561. The zero-order valence-corrected chi connectivity index (χ0v) is 12.9. The fourth-order valence-electron chi connectivity index (χ4n) is 3.20. The highest BCUT2D eigenvalue weighted by molar-refractivity contribution is 5.97. The number of carbonyl (C=O) groups is 1. The number of hydrogen-bond acceptors (Lipinski definition) is 3. The molecule has 4 heteroatoms. The van der Waals surface area contributed by atoms with E-state index < -0.39 is 0 Å². The van der Waals surface area contributed by atoms with Crippen LogP contribution >= 0.6 is 0 Å². The average Bonchev–Trinajstić information content (AvgIpc) is 3.38. The molecule has 0 aromatic heterocycles. The molecule has 1 amide bonds. The van der Waals surface area contributed by atoms with Gasteiger partial charge in [-0.15, -0.1) is 0 Å². The van der Waals surface area contributed by atoms with E-state index in [0.717, 1.165) is 32.1 Å². The van der Waals surface area contributed by atoms with Crippen molar-refractivity contribution in [1.29, 1.82) is 0 Å². The molecule has 1 aliphatic carbocycles. The van der Waals surface area contributed by atoms with Gasteiger partial charge in [-0.05, 0) is 37.8 Å². The second-order valence-corrected chi connectivity index (χ2v) is 6.11. The molecular formula is C17H24N2O2. The maximum Gasteiger partial charge on any atom is 0.257 e. The lowest BCUT2D eigenvalue weighted by Gasteiger charge is -2.38. The highest BCUT2D eigenvalue weighted by Crippen LogP contribution is 2.35. The molecule has 0 radical (unpaired) electrons. The summed E-state index contributed by atoms with van der Waals surface area (Å²) >= 11 is 0. The van der Waals surface area contributed by atoms with Gasteiger partial charge in [0.25, 0.3) is 5.91 Å². The van der Waals surface area contributed by atoms with E-state index in [-0.39, 0.29) is 5.91 Å². The van der Waals surface area contributed by atoms with E-state index in [0.29, 0.717) is 17.4 Å². The Hall–Kier alpha value is -1.55. The van der Waals surface area contributed by atoms with Crippen molar-refractivity contribution in [1.82, 2.24) is 9.80 Å². The normalized spacial score (nSPS) is 21.1. The number of rotatable bonds is 4. The number of para-hydroxylation sites is 1. The first-order chi connectivity index (χ1) is 10.2. The van der Waals surface area contributed by atoms with Crippen LogP contribution in [0.25, 0.3) is 0 Å². The zero-order chi connectivity index (χ0) is 14.8. The molecule has 1 saturated heterocycles. The molecule has 0 spiro atoms. The molecular weight excluding hydrogens is 264 g/mol. The monoisotopic (exact) mass is 288 g/mol. The number of benzene rings is 1. The Morgan fingerprint density at radius 3 is 2.48 bits per heavy atom. The number of nitrogens with zero attached hydrogens (tertiary/aromatic N) is 2. The minimum atomic E-state index is 0.0891. The summed E-state index contributed by atoms with van der Waals surface area (Å²) in [5, 5.41) is 0. The van der Waals surface area contributed by atoms with E-state index in [9.17, 15) is 4.79 Å². The third-order valence-electron chi connectivity index (χ3n) is 4.82. The summed E-state index contributed by atoms with van der Waals surface area (Å²) in [6.45, 7) is 5.92. The van der Waals surface area contributed by atoms with Gasteiger partial charge in [0.15, 0.2) is 0 Å². The molecule has 1 saturated carbocycles. The number of piperazine rings is 1. The predicted molar refractivity (Wildman–Crippen MR) is 82.7 cm³/mol. The SMILES string of the molecule is COc1ccccc1C(=O)N1CCN(C(C)C2CC2)CC1. The smallest absolute Gasteiger partial charge is 0.257 e. The van der Waals surface area contributed by atoms with Gasteiger partial charge in [-0.25, -0.2) is 0 Å². The number of ether oxygens (including phenoxy) is 1. The fraction of sp³-hybridized carbons (Fsp3) is 0.588. The maximum atomic E-state index is 12.6. The van der Waals surface area contributed by atoms with Gasteiger partial charge in [0.05, 0.1) is 12.7 Å². The van der Waals surface area contributed by atoms with E-state index >= 15 is 0 Å². The highest BCUT2D eigenvalue weighted by Gasteiger charge is 2.34. The van der Waals surface area contributed by atoms with Gasteiger partial charge in [0, 0.05) is 32.2 Å².